The Morgan fingerprint density at radius 3 is 2.61 bits per heavy atom. The number of nitrogens with zero attached hydrogens (tertiary/aromatic N) is 6. The van der Waals surface area contributed by atoms with E-state index in [0.717, 1.165) is 68.1 Å². The van der Waals surface area contributed by atoms with Gasteiger partial charge in [-0.15, -0.1) is 5.10 Å². The van der Waals surface area contributed by atoms with Crippen molar-refractivity contribution >= 4 is 10.9 Å². The normalized spacial score (nSPS) is 16.3. The molecule has 4 rings (SSSR count). The minimum atomic E-state index is -0.247. The lowest BCUT2D eigenvalue weighted by atomic mass is 9.98. The van der Waals surface area contributed by atoms with Crippen LogP contribution in [-0.2, 0) is 16.8 Å². The molecule has 0 bridgehead atoms. The number of aromatic nitrogens is 5. The number of tetrazole rings is 1. The molecule has 0 aliphatic carbocycles. The maximum Gasteiger partial charge on any atom is 0.252 e. The Balaban J connectivity index is 1.67. The molecule has 3 aromatic rings. The number of fused-ring (bicyclic) bond motifs is 1. The zero-order valence-electron chi connectivity index (χ0n) is 22.6. The van der Waals surface area contributed by atoms with Crippen LogP contribution in [0.5, 0.6) is 0 Å². The van der Waals surface area contributed by atoms with Crippen LogP contribution in [0.2, 0.25) is 0 Å². The van der Waals surface area contributed by atoms with Crippen LogP contribution in [0.1, 0.15) is 64.0 Å². The van der Waals surface area contributed by atoms with Crippen LogP contribution in [0, 0.1) is 12.8 Å². The van der Waals surface area contributed by atoms with Gasteiger partial charge < -0.3 is 9.72 Å². The van der Waals surface area contributed by atoms with Gasteiger partial charge in [-0.1, -0.05) is 25.5 Å². The van der Waals surface area contributed by atoms with Crippen molar-refractivity contribution in [2.24, 2.45) is 5.92 Å². The van der Waals surface area contributed by atoms with Gasteiger partial charge in [-0.2, -0.15) is 0 Å². The Kier molecular flexibility index (Phi) is 8.22. The minimum Gasteiger partial charge on any atom is -0.379 e. The quantitative estimate of drug-likeness (QED) is 0.486. The van der Waals surface area contributed by atoms with Gasteiger partial charge in [0.05, 0.1) is 24.8 Å². The van der Waals surface area contributed by atoms with Crippen molar-refractivity contribution in [3.63, 3.8) is 0 Å². The Labute approximate surface area is 213 Å². The molecular weight excluding hydrogens is 454 g/mol. The van der Waals surface area contributed by atoms with Crippen LogP contribution in [0.25, 0.3) is 10.9 Å². The molecule has 1 aromatic carbocycles. The molecule has 2 aromatic heterocycles. The predicted octanol–water partition coefficient (Wildman–Crippen LogP) is 3.50. The molecule has 1 fully saturated rings. The van der Waals surface area contributed by atoms with Gasteiger partial charge in [0, 0.05) is 37.3 Å². The average Bonchev–Trinajstić information content (AvgIpc) is 3.30. The molecule has 9 heteroatoms. The first-order valence-electron chi connectivity index (χ1n) is 13.1. The van der Waals surface area contributed by atoms with E-state index in [0.29, 0.717) is 6.54 Å². The second kappa shape index (κ2) is 11.2. The van der Waals surface area contributed by atoms with E-state index in [4.69, 9.17) is 4.74 Å². The number of aromatic amines is 1. The number of morpholine rings is 1. The van der Waals surface area contributed by atoms with Crippen molar-refractivity contribution in [3.8, 4) is 0 Å². The molecule has 0 saturated carbocycles. The molecule has 1 saturated heterocycles. The summed E-state index contributed by atoms with van der Waals surface area (Å²) in [5, 5.41) is 13.9. The Morgan fingerprint density at radius 1 is 1.17 bits per heavy atom. The molecule has 3 heterocycles. The van der Waals surface area contributed by atoms with E-state index in [-0.39, 0.29) is 23.1 Å². The molecule has 9 nitrogen and oxygen atoms in total. The molecular formula is C27H41N7O2. The Morgan fingerprint density at radius 2 is 1.92 bits per heavy atom. The highest BCUT2D eigenvalue weighted by Gasteiger charge is 2.32. The summed E-state index contributed by atoms with van der Waals surface area (Å²) in [6, 6.07) is 8.13. The van der Waals surface area contributed by atoms with Crippen molar-refractivity contribution in [1.29, 1.82) is 0 Å². The summed E-state index contributed by atoms with van der Waals surface area (Å²) in [5.41, 5.74) is 2.52. The highest BCUT2D eigenvalue weighted by atomic mass is 16.5. The van der Waals surface area contributed by atoms with Crippen LogP contribution in [0.4, 0.5) is 0 Å². The first-order valence-corrected chi connectivity index (χ1v) is 13.1. The van der Waals surface area contributed by atoms with Gasteiger partial charge in [-0.25, -0.2) is 4.68 Å². The van der Waals surface area contributed by atoms with E-state index in [1.807, 2.05) is 22.9 Å². The van der Waals surface area contributed by atoms with E-state index in [9.17, 15) is 4.79 Å². The van der Waals surface area contributed by atoms with Gasteiger partial charge >= 0.3 is 0 Å². The molecule has 0 radical (unpaired) electrons. The van der Waals surface area contributed by atoms with Crippen LogP contribution in [0.3, 0.4) is 0 Å². The maximum atomic E-state index is 13.1. The van der Waals surface area contributed by atoms with E-state index in [1.165, 1.54) is 5.56 Å². The summed E-state index contributed by atoms with van der Waals surface area (Å²) in [7, 11) is 0. The smallest absolute Gasteiger partial charge is 0.252 e. The fourth-order valence-electron chi connectivity index (χ4n) is 5.09. The van der Waals surface area contributed by atoms with Crippen molar-refractivity contribution < 1.29 is 4.74 Å². The van der Waals surface area contributed by atoms with E-state index in [1.54, 1.807) is 0 Å². The number of aryl methyl sites for hydroxylation is 1. The van der Waals surface area contributed by atoms with E-state index >= 15 is 0 Å². The van der Waals surface area contributed by atoms with Crippen molar-refractivity contribution in [3.05, 3.63) is 51.6 Å². The third-order valence-corrected chi connectivity index (χ3v) is 6.89. The second-order valence-electron chi connectivity index (χ2n) is 11.3. The highest BCUT2D eigenvalue weighted by Crippen LogP contribution is 2.31. The topological polar surface area (TPSA) is 92.2 Å². The third kappa shape index (κ3) is 6.19. The van der Waals surface area contributed by atoms with Crippen molar-refractivity contribution in [2.45, 2.75) is 66.1 Å². The van der Waals surface area contributed by atoms with Crippen molar-refractivity contribution in [1.82, 2.24) is 35.0 Å². The highest BCUT2D eigenvalue weighted by molar-refractivity contribution is 5.79. The second-order valence-corrected chi connectivity index (χ2v) is 11.3. The van der Waals surface area contributed by atoms with Crippen LogP contribution < -0.4 is 5.56 Å². The minimum absolute atomic E-state index is 0.0310. The predicted molar refractivity (Wildman–Crippen MR) is 142 cm³/mol. The lowest BCUT2D eigenvalue weighted by Gasteiger charge is -2.36. The number of benzene rings is 1. The number of ether oxygens (including phenoxy) is 1. The monoisotopic (exact) mass is 495 g/mol. The van der Waals surface area contributed by atoms with Crippen LogP contribution >= 0.6 is 0 Å². The number of pyridine rings is 1. The van der Waals surface area contributed by atoms with Gasteiger partial charge in [0.1, 0.15) is 0 Å². The van der Waals surface area contributed by atoms with Gasteiger partial charge in [-0.05, 0) is 80.6 Å². The summed E-state index contributed by atoms with van der Waals surface area (Å²) in [6.07, 6.45) is 0.991. The van der Waals surface area contributed by atoms with E-state index < -0.39 is 0 Å². The molecule has 196 valence electrons. The first kappa shape index (κ1) is 26.4. The van der Waals surface area contributed by atoms with E-state index in [2.05, 4.69) is 77.9 Å². The molecule has 1 N–H and O–H groups in total. The standard InChI is InChI=1S/C27H41N7O2/c1-19(2)24(25-29-30-31-34(25)27(4,5)6)33(11-7-10-32-12-14-36-15-13-32)18-22-17-21-16-20(3)8-9-23(21)28-26(22)35/h8-9,16-17,19,24H,7,10-15,18H2,1-6H3,(H,28,35)/t24-/m0/s1. The number of hydrogen-bond donors (Lipinski definition) is 1. The number of nitrogens with one attached hydrogen (secondary N) is 1. The summed E-state index contributed by atoms with van der Waals surface area (Å²) in [6.45, 7) is 18.7. The zero-order chi connectivity index (χ0) is 25.9. The summed E-state index contributed by atoms with van der Waals surface area (Å²) in [4.78, 5) is 21.1. The molecule has 0 spiro atoms. The largest absolute Gasteiger partial charge is 0.379 e. The van der Waals surface area contributed by atoms with Gasteiger partial charge in [0.2, 0.25) is 0 Å². The number of rotatable bonds is 9. The van der Waals surface area contributed by atoms with Crippen LogP contribution in [-0.4, -0.2) is 74.4 Å². The number of H-pyrrole nitrogens is 1. The fourth-order valence-corrected chi connectivity index (χ4v) is 5.09. The van der Waals surface area contributed by atoms with Gasteiger partial charge in [0.25, 0.3) is 5.56 Å². The van der Waals surface area contributed by atoms with Crippen LogP contribution in [0.15, 0.2) is 29.1 Å². The summed E-state index contributed by atoms with van der Waals surface area (Å²) in [5.74, 6) is 1.10. The molecule has 36 heavy (non-hydrogen) atoms. The Hall–Kier alpha value is -2.62. The third-order valence-electron chi connectivity index (χ3n) is 6.89. The summed E-state index contributed by atoms with van der Waals surface area (Å²) >= 11 is 0. The Bertz CT molecular complexity index is 1200. The molecule has 1 aliphatic rings. The molecule has 1 atom stereocenters. The summed E-state index contributed by atoms with van der Waals surface area (Å²) < 4.78 is 7.44. The number of hydrogen-bond acceptors (Lipinski definition) is 7. The SMILES string of the molecule is Cc1ccc2[nH]c(=O)c(CN(CCCN3CCOCC3)[C@H](c3nnnn3C(C)(C)C)C(C)C)cc2c1. The lowest BCUT2D eigenvalue weighted by molar-refractivity contribution is 0.0340. The average molecular weight is 496 g/mol. The molecule has 0 amide bonds. The van der Waals surface area contributed by atoms with Gasteiger partial charge in [0.15, 0.2) is 5.82 Å². The molecule has 1 aliphatic heterocycles. The zero-order valence-corrected chi connectivity index (χ0v) is 22.6. The lowest BCUT2D eigenvalue weighted by Crippen LogP contribution is -2.41. The van der Waals surface area contributed by atoms with Gasteiger partial charge in [-0.3, -0.25) is 14.6 Å². The first-order chi connectivity index (χ1) is 17.1. The fraction of sp³-hybridized carbons (Fsp3) is 0.630. The maximum absolute atomic E-state index is 13.1. The molecule has 0 unspecified atom stereocenters. The van der Waals surface area contributed by atoms with Crippen molar-refractivity contribution in [2.75, 3.05) is 39.4 Å².